The summed E-state index contributed by atoms with van der Waals surface area (Å²) >= 11 is 1.25. The van der Waals surface area contributed by atoms with E-state index in [2.05, 4.69) is 20.9 Å². The van der Waals surface area contributed by atoms with Gasteiger partial charge in [0.05, 0.1) is 16.9 Å². The van der Waals surface area contributed by atoms with Crippen LogP contribution in [0.15, 0.2) is 53.9 Å². The molecule has 0 unspecified atom stereocenters. The maximum absolute atomic E-state index is 13.0. The van der Waals surface area contributed by atoms with Gasteiger partial charge in [-0.05, 0) is 42.8 Å². The van der Waals surface area contributed by atoms with Crippen molar-refractivity contribution in [1.29, 1.82) is 0 Å². The first kappa shape index (κ1) is 19.7. The molecule has 2 heterocycles. The van der Waals surface area contributed by atoms with E-state index in [4.69, 9.17) is 0 Å². The Morgan fingerprint density at radius 1 is 1.13 bits per heavy atom. The number of nitrogens with one attached hydrogen (secondary N) is 3. The average Bonchev–Trinajstić information content (AvgIpc) is 3.15. The third-order valence-corrected chi connectivity index (χ3v) is 5.36. The second-order valence-electron chi connectivity index (χ2n) is 6.69. The molecule has 152 valence electrons. The largest absolute Gasteiger partial charge is 0.340 e. The third-order valence-electron chi connectivity index (χ3n) is 4.60. The number of benzene rings is 2. The Morgan fingerprint density at radius 3 is 2.70 bits per heavy atom. The van der Waals surface area contributed by atoms with Crippen molar-refractivity contribution in [1.82, 2.24) is 10.3 Å². The molecule has 4 rings (SSSR count). The minimum Gasteiger partial charge on any atom is -0.340 e. The molecule has 1 aromatic heterocycles. The number of hydrogen-bond acceptors (Lipinski definition) is 5. The van der Waals surface area contributed by atoms with Gasteiger partial charge in [-0.3, -0.25) is 14.4 Å². The van der Waals surface area contributed by atoms with Crippen LogP contribution in [-0.2, 0) is 9.59 Å². The fourth-order valence-corrected chi connectivity index (χ4v) is 3.79. The molecule has 1 aliphatic rings. The van der Waals surface area contributed by atoms with Gasteiger partial charge in [0.1, 0.15) is 11.9 Å². The number of thiazole rings is 1. The van der Waals surface area contributed by atoms with E-state index in [0.717, 1.165) is 5.56 Å². The molecule has 7 nitrogen and oxygen atoms in total. The summed E-state index contributed by atoms with van der Waals surface area (Å²) in [5.41, 5.74) is 2.20. The lowest BCUT2D eigenvalue weighted by Crippen LogP contribution is -2.41. The van der Waals surface area contributed by atoms with Crippen LogP contribution in [0.2, 0.25) is 0 Å². The van der Waals surface area contributed by atoms with E-state index in [9.17, 15) is 18.8 Å². The SMILES string of the molecule is O=C(CC[C@H]1NC(=O)c2ccccc2NC1=O)Nc1nc(-c2ccc(F)cc2)cs1. The molecule has 0 saturated heterocycles. The third kappa shape index (κ3) is 4.36. The van der Waals surface area contributed by atoms with Gasteiger partial charge in [-0.2, -0.15) is 0 Å². The quantitative estimate of drug-likeness (QED) is 0.584. The van der Waals surface area contributed by atoms with Crippen molar-refractivity contribution >= 4 is 39.9 Å². The smallest absolute Gasteiger partial charge is 0.254 e. The molecular formula is C21H17FN4O3S. The van der Waals surface area contributed by atoms with Crippen molar-refractivity contribution in [2.24, 2.45) is 0 Å². The van der Waals surface area contributed by atoms with Crippen LogP contribution in [0.4, 0.5) is 15.2 Å². The zero-order valence-electron chi connectivity index (χ0n) is 15.6. The van der Waals surface area contributed by atoms with E-state index in [1.165, 1.54) is 23.5 Å². The van der Waals surface area contributed by atoms with Crippen LogP contribution >= 0.6 is 11.3 Å². The van der Waals surface area contributed by atoms with Gasteiger partial charge in [-0.15, -0.1) is 11.3 Å². The number of nitrogens with zero attached hydrogens (tertiary/aromatic N) is 1. The lowest BCUT2D eigenvalue weighted by Gasteiger charge is -2.13. The molecule has 1 atom stereocenters. The molecular weight excluding hydrogens is 407 g/mol. The van der Waals surface area contributed by atoms with Crippen molar-refractivity contribution in [3.05, 3.63) is 65.3 Å². The first-order valence-electron chi connectivity index (χ1n) is 9.21. The number of anilines is 2. The Balaban J connectivity index is 1.34. The van der Waals surface area contributed by atoms with Gasteiger partial charge in [0.2, 0.25) is 11.8 Å². The maximum atomic E-state index is 13.0. The lowest BCUT2D eigenvalue weighted by molar-refractivity contribution is -0.118. The van der Waals surface area contributed by atoms with Gasteiger partial charge in [0.25, 0.3) is 5.91 Å². The highest BCUT2D eigenvalue weighted by molar-refractivity contribution is 7.14. The van der Waals surface area contributed by atoms with Crippen molar-refractivity contribution in [2.45, 2.75) is 18.9 Å². The van der Waals surface area contributed by atoms with Crippen molar-refractivity contribution in [2.75, 3.05) is 10.6 Å². The number of aromatic nitrogens is 1. The number of rotatable bonds is 5. The summed E-state index contributed by atoms with van der Waals surface area (Å²) in [6, 6.07) is 11.8. The number of hydrogen-bond donors (Lipinski definition) is 3. The monoisotopic (exact) mass is 424 g/mol. The van der Waals surface area contributed by atoms with E-state index in [1.54, 1.807) is 41.8 Å². The van der Waals surface area contributed by atoms with E-state index in [-0.39, 0.29) is 36.4 Å². The Hall–Kier alpha value is -3.59. The molecule has 0 fully saturated rings. The topological polar surface area (TPSA) is 100 Å². The minimum atomic E-state index is -0.818. The number of para-hydroxylation sites is 1. The Kier molecular flexibility index (Phi) is 5.53. The predicted molar refractivity (Wildman–Crippen MR) is 112 cm³/mol. The fourth-order valence-electron chi connectivity index (χ4n) is 3.06. The number of amides is 3. The summed E-state index contributed by atoms with van der Waals surface area (Å²) in [6.45, 7) is 0. The number of fused-ring (bicyclic) bond motifs is 1. The molecule has 0 aliphatic carbocycles. The van der Waals surface area contributed by atoms with Crippen LogP contribution < -0.4 is 16.0 Å². The summed E-state index contributed by atoms with van der Waals surface area (Å²) in [6.07, 6.45) is 0.174. The lowest BCUT2D eigenvalue weighted by atomic mass is 10.1. The Morgan fingerprint density at radius 2 is 1.90 bits per heavy atom. The van der Waals surface area contributed by atoms with Gasteiger partial charge >= 0.3 is 0 Å². The summed E-state index contributed by atoms with van der Waals surface area (Å²) < 4.78 is 13.0. The molecule has 1 aliphatic heterocycles. The van der Waals surface area contributed by atoms with Gasteiger partial charge in [-0.25, -0.2) is 9.37 Å². The minimum absolute atomic E-state index is 0.0279. The van der Waals surface area contributed by atoms with E-state index < -0.39 is 6.04 Å². The zero-order valence-corrected chi connectivity index (χ0v) is 16.5. The highest BCUT2D eigenvalue weighted by Crippen LogP contribution is 2.25. The first-order chi connectivity index (χ1) is 14.5. The zero-order chi connectivity index (χ0) is 21.1. The molecule has 9 heteroatoms. The van der Waals surface area contributed by atoms with E-state index >= 15 is 0 Å². The van der Waals surface area contributed by atoms with Crippen LogP contribution in [0.1, 0.15) is 23.2 Å². The molecule has 0 radical (unpaired) electrons. The molecule has 0 bridgehead atoms. The molecule has 3 aromatic rings. The van der Waals surface area contributed by atoms with Crippen molar-refractivity contribution in [3.63, 3.8) is 0 Å². The van der Waals surface area contributed by atoms with E-state index in [1.807, 2.05) is 0 Å². The standard InChI is InChI=1S/C21H17FN4O3S/c22-13-7-5-12(6-8-13)17-11-30-21(25-17)26-18(27)10-9-16-20(29)23-15-4-2-1-3-14(15)19(28)24-16/h1-8,11,16H,9-10H2,(H,23,29)(H,24,28)(H,25,26,27)/t16-/m1/s1. The van der Waals surface area contributed by atoms with Crippen LogP contribution in [0.25, 0.3) is 11.3 Å². The highest BCUT2D eigenvalue weighted by Gasteiger charge is 2.27. The summed E-state index contributed by atoms with van der Waals surface area (Å²) in [5, 5.41) is 10.2. The van der Waals surface area contributed by atoms with Crippen LogP contribution in [0.3, 0.4) is 0 Å². The Labute approximate surface area is 175 Å². The van der Waals surface area contributed by atoms with Crippen molar-refractivity contribution < 1.29 is 18.8 Å². The number of carbonyl (C=O) groups excluding carboxylic acids is 3. The number of carbonyl (C=O) groups is 3. The summed E-state index contributed by atoms with van der Waals surface area (Å²) in [5.74, 6) is -1.38. The molecule has 0 saturated carbocycles. The van der Waals surface area contributed by atoms with Gasteiger partial charge in [0, 0.05) is 17.4 Å². The first-order valence-corrected chi connectivity index (χ1v) is 10.1. The molecule has 0 spiro atoms. The highest BCUT2D eigenvalue weighted by atomic mass is 32.1. The van der Waals surface area contributed by atoms with E-state index in [0.29, 0.717) is 22.1 Å². The molecule has 2 aromatic carbocycles. The van der Waals surface area contributed by atoms with Crippen molar-refractivity contribution in [3.8, 4) is 11.3 Å². The van der Waals surface area contributed by atoms with Crippen LogP contribution in [-0.4, -0.2) is 28.7 Å². The average molecular weight is 424 g/mol. The maximum Gasteiger partial charge on any atom is 0.254 e. The van der Waals surface area contributed by atoms with Gasteiger partial charge in [0.15, 0.2) is 5.13 Å². The number of halogens is 1. The summed E-state index contributed by atoms with van der Waals surface area (Å²) in [7, 11) is 0. The second kappa shape index (κ2) is 8.42. The van der Waals surface area contributed by atoms with Crippen LogP contribution in [0.5, 0.6) is 0 Å². The molecule has 3 amide bonds. The fraction of sp³-hybridized carbons (Fsp3) is 0.143. The predicted octanol–water partition coefficient (Wildman–Crippen LogP) is 3.42. The Bertz CT molecular complexity index is 1110. The second-order valence-corrected chi connectivity index (χ2v) is 7.55. The molecule has 30 heavy (non-hydrogen) atoms. The summed E-state index contributed by atoms with van der Waals surface area (Å²) in [4.78, 5) is 41.3. The van der Waals surface area contributed by atoms with Gasteiger partial charge < -0.3 is 16.0 Å². The normalized spacial score (nSPS) is 15.6. The van der Waals surface area contributed by atoms with Crippen LogP contribution in [0, 0.1) is 5.82 Å². The van der Waals surface area contributed by atoms with Gasteiger partial charge in [-0.1, -0.05) is 12.1 Å². The molecule has 3 N–H and O–H groups in total.